The van der Waals surface area contributed by atoms with Gasteiger partial charge in [0.15, 0.2) is 0 Å². The van der Waals surface area contributed by atoms with Crippen LogP contribution in [0.5, 0.6) is 0 Å². The average molecular weight is 303 g/mol. The molecule has 5 nitrogen and oxygen atoms in total. The molecule has 0 amide bonds. The largest absolute Gasteiger partial charge is 0.372 e. The van der Waals surface area contributed by atoms with Crippen LogP contribution >= 0.6 is 11.8 Å². The monoisotopic (exact) mass is 303 g/mol. The minimum Gasteiger partial charge on any atom is -0.372 e. The van der Waals surface area contributed by atoms with Gasteiger partial charge in [-0.15, -0.1) is 0 Å². The van der Waals surface area contributed by atoms with Crippen molar-refractivity contribution >= 4 is 27.6 Å². The minimum atomic E-state index is -3.51. The normalized spacial score (nSPS) is 13.5. The highest BCUT2D eigenvalue weighted by molar-refractivity contribution is 7.98. The number of hydrogen-bond donors (Lipinski definition) is 1. The third-order valence-corrected chi connectivity index (χ3v) is 5.67. The third-order valence-electron chi connectivity index (χ3n) is 3.03. The van der Waals surface area contributed by atoms with Gasteiger partial charge < -0.3 is 5.32 Å². The van der Waals surface area contributed by atoms with Crippen molar-refractivity contribution in [1.29, 1.82) is 0 Å². The first-order chi connectivity index (χ1) is 8.95. The summed E-state index contributed by atoms with van der Waals surface area (Å²) < 4.78 is 26.5. The van der Waals surface area contributed by atoms with Gasteiger partial charge in [0.2, 0.25) is 10.0 Å². The molecule has 0 aromatic carbocycles. The summed E-state index contributed by atoms with van der Waals surface area (Å²) in [5.41, 5.74) is 0. The SMILES string of the molecule is CNc1ncccc1S(=O)(=O)N(C)C(C)CCSC. The van der Waals surface area contributed by atoms with Crippen LogP contribution in [0, 0.1) is 0 Å². The van der Waals surface area contributed by atoms with Gasteiger partial charge in [-0.25, -0.2) is 13.4 Å². The lowest BCUT2D eigenvalue weighted by molar-refractivity contribution is 0.382. The van der Waals surface area contributed by atoms with Gasteiger partial charge in [-0.1, -0.05) is 0 Å². The highest BCUT2D eigenvalue weighted by Gasteiger charge is 2.27. The highest BCUT2D eigenvalue weighted by atomic mass is 32.2. The van der Waals surface area contributed by atoms with Crippen molar-refractivity contribution in [2.45, 2.75) is 24.3 Å². The van der Waals surface area contributed by atoms with E-state index in [0.29, 0.717) is 5.82 Å². The van der Waals surface area contributed by atoms with Crippen LogP contribution in [0.25, 0.3) is 0 Å². The van der Waals surface area contributed by atoms with E-state index in [9.17, 15) is 8.42 Å². The predicted octanol–water partition coefficient (Wildman–Crippen LogP) is 1.89. The van der Waals surface area contributed by atoms with Crippen molar-refractivity contribution in [3.63, 3.8) is 0 Å². The Kier molecular flexibility index (Phi) is 6.09. The summed E-state index contributed by atoms with van der Waals surface area (Å²) in [6, 6.07) is 3.17. The molecule has 0 aliphatic rings. The molecule has 1 aromatic rings. The molecule has 1 rings (SSSR count). The molecule has 108 valence electrons. The van der Waals surface area contributed by atoms with Crippen LogP contribution in [-0.2, 0) is 10.0 Å². The van der Waals surface area contributed by atoms with Gasteiger partial charge in [-0.2, -0.15) is 16.1 Å². The van der Waals surface area contributed by atoms with E-state index in [1.54, 1.807) is 44.2 Å². The molecule has 1 heterocycles. The van der Waals surface area contributed by atoms with E-state index in [1.807, 2.05) is 13.2 Å². The molecule has 0 bridgehead atoms. The molecule has 7 heteroatoms. The van der Waals surface area contributed by atoms with E-state index in [0.717, 1.165) is 12.2 Å². The summed E-state index contributed by atoms with van der Waals surface area (Å²) >= 11 is 1.72. The molecule has 0 saturated heterocycles. The van der Waals surface area contributed by atoms with Crippen molar-refractivity contribution in [2.75, 3.05) is 31.4 Å². The van der Waals surface area contributed by atoms with Crippen LogP contribution in [0.2, 0.25) is 0 Å². The zero-order valence-electron chi connectivity index (χ0n) is 11.8. The van der Waals surface area contributed by atoms with Gasteiger partial charge in [-0.3, -0.25) is 0 Å². The lowest BCUT2D eigenvalue weighted by Crippen LogP contribution is -2.35. The van der Waals surface area contributed by atoms with Crippen LogP contribution < -0.4 is 5.32 Å². The second kappa shape index (κ2) is 7.12. The van der Waals surface area contributed by atoms with Crippen LogP contribution in [0.1, 0.15) is 13.3 Å². The van der Waals surface area contributed by atoms with E-state index < -0.39 is 10.0 Å². The maximum atomic E-state index is 12.6. The van der Waals surface area contributed by atoms with E-state index in [2.05, 4.69) is 10.3 Å². The number of pyridine rings is 1. The number of aromatic nitrogens is 1. The second-order valence-corrected chi connectivity index (χ2v) is 7.20. The summed E-state index contributed by atoms with van der Waals surface area (Å²) in [5.74, 6) is 1.32. The highest BCUT2D eigenvalue weighted by Crippen LogP contribution is 2.23. The number of thioether (sulfide) groups is 1. The van der Waals surface area contributed by atoms with E-state index >= 15 is 0 Å². The lowest BCUT2D eigenvalue weighted by atomic mass is 10.3. The summed E-state index contributed by atoms with van der Waals surface area (Å²) in [5, 5.41) is 2.82. The van der Waals surface area contributed by atoms with Gasteiger partial charge in [-0.05, 0) is 37.5 Å². The number of hydrogen-bond acceptors (Lipinski definition) is 5. The number of rotatable bonds is 7. The van der Waals surface area contributed by atoms with E-state index in [4.69, 9.17) is 0 Å². The van der Waals surface area contributed by atoms with Crippen LogP contribution in [0.4, 0.5) is 5.82 Å². The standard InChI is InChI=1S/C12H21N3O2S2/c1-10(7-9-18-4)15(3)19(16,17)11-6-5-8-14-12(11)13-2/h5-6,8,10H,7,9H2,1-4H3,(H,13,14). The summed E-state index contributed by atoms with van der Waals surface area (Å²) in [4.78, 5) is 4.26. The zero-order chi connectivity index (χ0) is 14.5. The Labute approximate surface area is 119 Å². The van der Waals surface area contributed by atoms with Crippen molar-refractivity contribution < 1.29 is 8.42 Å². The van der Waals surface area contributed by atoms with E-state index in [1.165, 1.54) is 4.31 Å². The van der Waals surface area contributed by atoms with Gasteiger partial charge in [0.25, 0.3) is 0 Å². The van der Waals surface area contributed by atoms with Crippen LogP contribution in [-0.4, -0.2) is 49.9 Å². The average Bonchev–Trinajstić information content (AvgIpc) is 2.43. The Morgan fingerprint density at radius 2 is 2.21 bits per heavy atom. The fourth-order valence-electron chi connectivity index (χ4n) is 1.65. The van der Waals surface area contributed by atoms with Crippen molar-refractivity contribution in [2.24, 2.45) is 0 Å². The molecule has 1 atom stereocenters. The summed E-state index contributed by atoms with van der Waals surface area (Å²) in [6.45, 7) is 1.92. The molecule has 19 heavy (non-hydrogen) atoms. The maximum absolute atomic E-state index is 12.6. The molecule has 0 saturated carbocycles. The molecule has 0 radical (unpaired) electrons. The molecule has 0 spiro atoms. The number of nitrogens with zero attached hydrogens (tertiary/aromatic N) is 2. The summed E-state index contributed by atoms with van der Waals surface area (Å²) in [6.07, 6.45) is 4.41. The van der Waals surface area contributed by atoms with Crippen LogP contribution in [0.15, 0.2) is 23.2 Å². The molecule has 0 aliphatic heterocycles. The Balaban J connectivity index is 3.03. The first-order valence-electron chi connectivity index (χ1n) is 6.05. The van der Waals surface area contributed by atoms with E-state index in [-0.39, 0.29) is 10.9 Å². The van der Waals surface area contributed by atoms with Crippen molar-refractivity contribution in [1.82, 2.24) is 9.29 Å². The first-order valence-corrected chi connectivity index (χ1v) is 8.88. The fourth-order valence-corrected chi connectivity index (χ4v) is 3.76. The van der Waals surface area contributed by atoms with Crippen molar-refractivity contribution in [3.05, 3.63) is 18.3 Å². The van der Waals surface area contributed by atoms with Gasteiger partial charge >= 0.3 is 0 Å². The molecule has 1 aromatic heterocycles. The molecule has 0 fully saturated rings. The fraction of sp³-hybridized carbons (Fsp3) is 0.583. The third kappa shape index (κ3) is 3.84. The topological polar surface area (TPSA) is 62.3 Å². The maximum Gasteiger partial charge on any atom is 0.246 e. The van der Waals surface area contributed by atoms with Crippen LogP contribution in [0.3, 0.4) is 0 Å². The van der Waals surface area contributed by atoms with Crippen molar-refractivity contribution in [3.8, 4) is 0 Å². The zero-order valence-corrected chi connectivity index (χ0v) is 13.4. The smallest absolute Gasteiger partial charge is 0.246 e. The minimum absolute atomic E-state index is 0.0395. The van der Waals surface area contributed by atoms with Gasteiger partial charge in [0.05, 0.1) is 0 Å². The molecular weight excluding hydrogens is 282 g/mol. The predicted molar refractivity (Wildman–Crippen MR) is 81.2 cm³/mol. The molecular formula is C12H21N3O2S2. The number of anilines is 1. The Morgan fingerprint density at radius 1 is 1.53 bits per heavy atom. The van der Waals surface area contributed by atoms with Gasteiger partial charge in [0, 0.05) is 26.3 Å². The molecule has 1 unspecified atom stereocenters. The number of sulfonamides is 1. The quantitative estimate of drug-likeness (QED) is 0.833. The van der Waals surface area contributed by atoms with Gasteiger partial charge in [0.1, 0.15) is 10.7 Å². The summed E-state index contributed by atoms with van der Waals surface area (Å²) in [7, 11) is -0.229. The molecule has 1 N–H and O–H groups in total. The molecule has 0 aliphatic carbocycles. The Hall–Kier alpha value is -0.790. The Morgan fingerprint density at radius 3 is 2.79 bits per heavy atom. The first kappa shape index (κ1) is 16.3. The lowest BCUT2D eigenvalue weighted by Gasteiger charge is -2.24. The number of nitrogens with one attached hydrogen (secondary N) is 1. The Bertz CT molecular complexity index is 505. The second-order valence-electron chi connectivity index (χ2n) is 4.25.